The largest absolute Gasteiger partial charge is 0.462 e. The Balaban J connectivity index is 0.00000288. The van der Waals surface area contributed by atoms with Crippen molar-refractivity contribution in [3.63, 3.8) is 0 Å². The van der Waals surface area contributed by atoms with Crippen molar-refractivity contribution in [1.82, 2.24) is 4.90 Å². The van der Waals surface area contributed by atoms with Gasteiger partial charge in [0.2, 0.25) is 0 Å². The number of hydrogen-bond acceptors (Lipinski definition) is 4. The topological polar surface area (TPSA) is 38.8 Å². The van der Waals surface area contributed by atoms with E-state index in [2.05, 4.69) is 11.8 Å². The molecule has 1 heterocycles. The normalized spacial score (nSPS) is 16.2. The van der Waals surface area contributed by atoms with Gasteiger partial charge in [0.25, 0.3) is 0 Å². The molecular formula is C19H30ClNO3. The quantitative estimate of drug-likeness (QED) is 0.496. The van der Waals surface area contributed by atoms with E-state index in [1.165, 1.54) is 6.42 Å². The van der Waals surface area contributed by atoms with E-state index in [1.807, 2.05) is 30.3 Å². The van der Waals surface area contributed by atoms with Gasteiger partial charge in [-0.25, -0.2) is 4.79 Å². The molecule has 0 radical (unpaired) electrons. The van der Waals surface area contributed by atoms with Gasteiger partial charge in [-0.05, 0) is 37.9 Å². The second-order valence-corrected chi connectivity index (χ2v) is 6.04. The molecule has 0 amide bonds. The summed E-state index contributed by atoms with van der Waals surface area (Å²) in [6.45, 7) is 5.60. The minimum atomic E-state index is -0.285. The molecule has 0 bridgehead atoms. The molecule has 1 atom stereocenters. The molecule has 5 heteroatoms. The van der Waals surface area contributed by atoms with Crippen LogP contribution in [0.25, 0.3) is 0 Å². The van der Waals surface area contributed by atoms with Crippen molar-refractivity contribution < 1.29 is 14.3 Å². The lowest BCUT2D eigenvalue weighted by Gasteiger charge is -2.33. The second-order valence-electron chi connectivity index (χ2n) is 6.04. The first kappa shape index (κ1) is 20.9. The molecule has 0 unspecified atom stereocenters. The minimum Gasteiger partial charge on any atom is -0.462 e. The molecule has 136 valence electrons. The Morgan fingerprint density at radius 3 is 2.46 bits per heavy atom. The number of unbranched alkanes of at least 4 members (excludes halogenated alkanes) is 1. The van der Waals surface area contributed by atoms with Crippen LogP contribution in [0.4, 0.5) is 0 Å². The number of likely N-dealkylation sites (tertiary alicyclic amines) is 1. The molecule has 1 fully saturated rings. The van der Waals surface area contributed by atoms with Crippen LogP contribution in [0, 0.1) is 0 Å². The van der Waals surface area contributed by atoms with Crippen molar-refractivity contribution in [3.8, 4) is 0 Å². The average Bonchev–Trinajstić information content (AvgIpc) is 2.60. The van der Waals surface area contributed by atoms with E-state index >= 15 is 0 Å². The Kier molecular flexibility index (Phi) is 10.7. The highest BCUT2D eigenvalue weighted by molar-refractivity contribution is 5.85. The summed E-state index contributed by atoms with van der Waals surface area (Å²) in [5, 5.41) is 0. The number of halogens is 1. The van der Waals surface area contributed by atoms with Crippen LogP contribution in [-0.4, -0.2) is 43.8 Å². The number of benzene rings is 1. The van der Waals surface area contributed by atoms with E-state index < -0.39 is 0 Å². The smallest absolute Gasteiger partial charge is 0.328 e. The summed E-state index contributed by atoms with van der Waals surface area (Å²) in [5.74, 6) is -0.155. The molecular weight excluding hydrogens is 326 g/mol. The van der Waals surface area contributed by atoms with Crippen LogP contribution in [0.3, 0.4) is 0 Å². The predicted molar refractivity (Wildman–Crippen MR) is 98.5 cm³/mol. The van der Waals surface area contributed by atoms with Crippen LogP contribution in [-0.2, 0) is 14.3 Å². The third kappa shape index (κ3) is 6.80. The van der Waals surface area contributed by atoms with Crippen LogP contribution in [0.5, 0.6) is 0 Å². The van der Waals surface area contributed by atoms with Crippen molar-refractivity contribution in [1.29, 1.82) is 0 Å². The highest BCUT2D eigenvalue weighted by Gasteiger charge is 2.29. The molecule has 0 aliphatic carbocycles. The van der Waals surface area contributed by atoms with Gasteiger partial charge in [0.1, 0.15) is 12.6 Å². The Hall–Kier alpha value is -1.10. The van der Waals surface area contributed by atoms with Crippen molar-refractivity contribution in [2.45, 2.75) is 45.1 Å². The Labute approximate surface area is 151 Å². The summed E-state index contributed by atoms with van der Waals surface area (Å²) in [6, 6.07) is 9.67. The lowest BCUT2D eigenvalue weighted by molar-refractivity contribution is -0.152. The van der Waals surface area contributed by atoms with Crippen molar-refractivity contribution in [2.24, 2.45) is 0 Å². The Morgan fingerprint density at radius 2 is 1.79 bits per heavy atom. The monoisotopic (exact) mass is 355 g/mol. The van der Waals surface area contributed by atoms with Gasteiger partial charge in [-0.2, -0.15) is 0 Å². The first-order chi connectivity index (χ1) is 11.3. The molecule has 2 rings (SSSR count). The van der Waals surface area contributed by atoms with E-state index in [4.69, 9.17) is 9.47 Å². The minimum absolute atomic E-state index is 0. The summed E-state index contributed by atoms with van der Waals surface area (Å²) >= 11 is 0. The summed E-state index contributed by atoms with van der Waals surface area (Å²) in [7, 11) is 0. The summed E-state index contributed by atoms with van der Waals surface area (Å²) < 4.78 is 11.0. The van der Waals surface area contributed by atoms with Crippen molar-refractivity contribution in [2.75, 3.05) is 32.9 Å². The Morgan fingerprint density at radius 1 is 1.08 bits per heavy atom. The fourth-order valence-corrected chi connectivity index (χ4v) is 2.94. The third-order valence-electron chi connectivity index (χ3n) is 4.21. The number of ether oxygens (including phenoxy) is 2. The molecule has 1 saturated heterocycles. The number of piperidine rings is 1. The molecule has 4 nitrogen and oxygen atoms in total. The van der Waals surface area contributed by atoms with E-state index in [9.17, 15) is 4.79 Å². The van der Waals surface area contributed by atoms with Gasteiger partial charge in [0, 0.05) is 6.61 Å². The van der Waals surface area contributed by atoms with Gasteiger partial charge < -0.3 is 9.47 Å². The van der Waals surface area contributed by atoms with Gasteiger partial charge in [-0.1, -0.05) is 50.1 Å². The zero-order valence-corrected chi connectivity index (χ0v) is 15.4. The summed E-state index contributed by atoms with van der Waals surface area (Å²) in [6.07, 6.45) is 5.71. The van der Waals surface area contributed by atoms with Crippen LogP contribution in [0.15, 0.2) is 30.3 Å². The van der Waals surface area contributed by atoms with Crippen LogP contribution >= 0.6 is 12.4 Å². The molecule has 1 aromatic carbocycles. The zero-order valence-electron chi connectivity index (χ0n) is 14.6. The van der Waals surface area contributed by atoms with Gasteiger partial charge in [0.15, 0.2) is 0 Å². The fourth-order valence-electron chi connectivity index (χ4n) is 2.94. The predicted octanol–water partition coefficient (Wildman–Crippen LogP) is 4.00. The molecule has 24 heavy (non-hydrogen) atoms. The third-order valence-corrected chi connectivity index (χ3v) is 4.21. The number of esters is 1. The van der Waals surface area contributed by atoms with E-state index in [0.29, 0.717) is 13.2 Å². The van der Waals surface area contributed by atoms with Crippen LogP contribution in [0.1, 0.15) is 50.6 Å². The number of carbonyl (C=O) groups is 1. The molecule has 1 aliphatic heterocycles. The van der Waals surface area contributed by atoms with Crippen LogP contribution < -0.4 is 0 Å². The maximum atomic E-state index is 12.6. The van der Waals surface area contributed by atoms with Gasteiger partial charge in [-0.3, -0.25) is 4.90 Å². The zero-order chi connectivity index (χ0) is 16.3. The van der Waals surface area contributed by atoms with Gasteiger partial charge in [0.05, 0.1) is 6.61 Å². The first-order valence-electron chi connectivity index (χ1n) is 8.86. The van der Waals surface area contributed by atoms with Gasteiger partial charge >= 0.3 is 5.97 Å². The molecule has 0 saturated carbocycles. The molecule has 1 aromatic rings. The van der Waals surface area contributed by atoms with Crippen LogP contribution in [0.2, 0.25) is 0 Å². The number of hydrogen-bond donors (Lipinski definition) is 0. The molecule has 1 aliphatic rings. The van der Waals surface area contributed by atoms with E-state index in [0.717, 1.165) is 50.9 Å². The number of nitrogens with zero attached hydrogens (tertiary/aromatic N) is 1. The molecule has 0 spiro atoms. The molecule has 0 N–H and O–H groups in total. The Bertz CT molecular complexity index is 449. The number of carbonyl (C=O) groups excluding carboxylic acids is 1. The number of rotatable bonds is 9. The van der Waals surface area contributed by atoms with Crippen molar-refractivity contribution in [3.05, 3.63) is 35.9 Å². The van der Waals surface area contributed by atoms with E-state index in [1.54, 1.807) is 0 Å². The maximum absolute atomic E-state index is 12.6. The van der Waals surface area contributed by atoms with Crippen molar-refractivity contribution >= 4 is 18.4 Å². The SMILES string of the molecule is CCCCOCCOC(=O)[C@H](c1ccccc1)N1CCCCC1.Cl. The standard InChI is InChI=1S/C19H29NO3.ClH/c1-2-3-14-22-15-16-23-19(21)18(17-10-6-4-7-11-17)20-12-8-5-9-13-20;/h4,6-7,10-11,18H,2-3,5,8-9,12-16H2,1H3;1H/t18-;/m0./s1. The highest BCUT2D eigenvalue weighted by Crippen LogP contribution is 2.25. The second kappa shape index (κ2) is 12.3. The summed E-state index contributed by atoms with van der Waals surface area (Å²) in [5.41, 5.74) is 1.02. The summed E-state index contributed by atoms with van der Waals surface area (Å²) in [4.78, 5) is 14.9. The average molecular weight is 356 g/mol. The first-order valence-corrected chi connectivity index (χ1v) is 8.86. The fraction of sp³-hybridized carbons (Fsp3) is 0.632. The lowest BCUT2D eigenvalue weighted by Crippen LogP contribution is -2.39. The lowest BCUT2D eigenvalue weighted by atomic mass is 10.0. The maximum Gasteiger partial charge on any atom is 0.328 e. The molecule has 0 aromatic heterocycles. The van der Waals surface area contributed by atoms with Gasteiger partial charge in [-0.15, -0.1) is 12.4 Å². The van der Waals surface area contributed by atoms with E-state index in [-0.39, 0.29) is 24.4 Å². The highest BCUT2D eigenvalue weighted by atomic mass is 35.5.